The number of nitrogens with one attached hydrogen (secondary N) is 1. The first-order chi connectivity index (χ1) is 8.52. The van der Waals surface area contributed by atoms with Crippen LogP contribution in [0.25, 0.3) is 10.4 Å². The van der Waals surface area contributed by atoms with E-state index in [0.717, 1.165) is 17.2 Å². The van der Waals surface area contributed by atoms with Crippen molar-refractivity contribution in [2.24, 2.45) is 0 Å². The normalized spacial score (nSPS) is 10.9. The van der Waals surface area contributed by atoms with Crippen molar-refractivity contribution in [2.45, 2.75) is 34.2 Å². The highest BCUT2D eigenvalue weighted by atomic mass is 32.1. The lowest BCUT2D eigenvalue weighted by Crippen LogP contribution is -2.04. The van der Waals surface area contributed by atoms with Crippen molar-refractivity contribution < 1.29 is 0 Å². The number of benzene rings is 1. The lowest BCUT2D eigenvalue weighted by Gasteiger charge is -2.10. The molecule has 0 atom stereocenters. The van der Waals surface area contributed by atoms with Crippen LogP contribution in [0.15, 0.2) is 12.1 Å². The first-order valence-electron chi connectivity index (χ1n) is 6.22. The fourth-order valence-corrected chi connectivity index (χ4v) is 3.70. The third-order valence-electron chi connectivity index (χ3n) is 3.07. The molecule has 0 saturated heterocycles. The Kier molecular flexibility index (Phi) is 3.83. The first-order valence-corrected chi connectivity index (χ1v) is 7.03. The van der Waals surface area contributed by atoms with E-state index in [0.29, 0.717) is 0 Å². The van der Waals surface area contributed by atoms with E-state index in [4.69, 9.17) is 0 Å². The van der Waals surface area contributed by atoms with Crippen LogP contribution in [0.4, 0.5) is 0 Å². The van der Waals surface area contributed by atoms with Crippen molar-refractivity contribution in [3.63, 3.8) is 0 Å². The Balaban J connectivity index is 2.55. The summed E-state index contributed by atoms with van der Waals surface area (Å²) in [4.78, 5) is 5.95. The second-order valence-corrected chi connectivity index (χ2v) is 5.91. The van der Waals surface area contributed by atoms with E-state index < -0.39 is 0 Å². The zero-order valence-corrected chi connectivity index (χ0v) is 12.5. The van der Waals surface area contributed by atoms with Gasteiger partial charge in [-0.15, -0.1) is 11.3 Å². The zero-order valence-electron chi connectivity index (χ0n) is 11.7. The van der Waals surface area contributed by atoms with Crippen molar-refractivity contribution in [2.75, 3.05) is 7.05 Å². The van der Waals surface area contributed by atoms with Gasteiger partial charge in [-0.2, -0.15) is 0 Å². The Morgan fingerprint density at radius 1 is 1.11 bits per heavy atom. The molecule has 0 amide bonds. The molecular weight excluding hydrogens is 240 g/mol. The van der Waals surface area contributed by atoms with Gasteiger partial charge in [0, 0.05) is 6.54 Å². The topological polar surface area (TPSA) is 24.9 Å². The van der Waals surface area contributed by atoms with E-state index in [9.17, 15) is 0 Å². The van der Waals surface area contributed by atoms with Crippen molar-refractivity contribution in [3.8, 4) is 10.4 Å². The van der Waals surface area contributed by atoms with Gasteiger partial charge in [0.05, 0.1) is 10.6 Å². The van der Waals surface area contributed by atoms with E-state index in [2.05, 4.69) is 50.1 Å². The van der Waals surface area contributed by atoms with Crippen LogP contribution in [-0.4, -0.2) is 12.0 Å². The van der Waals surface area contributed by atoms with E-state index in [1.54, 1.807) is 11.3 Å². The highest BCUT2D eigenvalue weighted by Gasteiger charge is 2.13. The molecule has 0 bridgehead atoms. The summed E-state index contributed by atoms with van der Waals surface area (Å²) in [6.45, 7) is 9.47. The molecule has 1 N–H and O–H groups in total. The molecule has 3 heteroatoms. The molecule has 1 heterocycles. The first kappa shape index (κ1) is 13.2. The average molecular weight is 260 g/mol. The van der Waals surface area contributed by atoms with Crippen LogP contribution >= 0.6 is 11.3 Å². The largest absolute Gasteiger partial charge is 0.314 e. The average Bonchev–Trinajstić information content (AvgIpc) is 2.59. The highest BCUT2D eigenvalue weighted by molar-refractivity contribution is 7.15. The van der Waals surface area contributed by atoms with E-state index in [1.165, 1.54) is 27.1 Å². The molecule has 0 unspecified atom stereocenters. The van der Waals surface area contributed by atoms with E-state index in [1.807, 2.05) is 7.05 Å². The quantitative estimate of drug-likeness (QED) is 0.909. The molecule has 0 fully saturated rings. The summed E-state index contributed by atoms with van der Waals surface area (Å²) in [6.07, 6.45) is 0. The van der Waals surface area contributed by atoms with Gasteiger partial charge in [-0.3, -0.25) is 0 Å². The minimum Gasteiger partial charge on any atom is -0.314 e. The molecule has 0 spiro atoms. The Bertz CT molecular complexity index is 547. The van der Waals surface area contributed by atoms with Gasteiger partial charge in [-0.25, -0.2) is 4.98 Å². The van der Waals surface area contributed by atoms with Gasteiger partial charge in [-0.05, 0) is 51.4 Å². The summed E-state index contributed by atoms with van der Waals surface area (Å²) >= 11 is 1.80. The van der Waals surface area contributed by atoms with E-state index in [-0.39, 0.29) is 0 Å². The van der Waals surface area contributed by atoms with Crippen LogP contribution in [0.3, 0.4) is 0 Å². The molecule has 0 saturated carbocycles. The monoisotopic (exact) mass is 260 g/mol. The highest BCUT2D eigenvalue weighted by Crippen LogP contribution is 2.35. The number of hydrogen-bond donors (Lipinski definition) is 1. The summed E-state index contributed by atoms with van der Waals surface area (Å²) in [5.74, 6) is 0. The maximum absolute atomic E-state index is 4.64. The summed E-state index contributed by atoms with van der Waals surface area (Å²) in [6, 6.07) is 4.50. The molecule has 0 aliphatic carbocycles. The number of thiazole rings is 1. The van der Waals surface area contributed by atoms with Gasteiger partial charge in [0.1, 0.15) is 5.01 Å². The number of rotatable bonds is 3. The van der Waals surface area contributed by atoms with Gasteiger partial charge in [-0.1, -0.05) is 17.7 Å². The standard InChI is InChI=1S/C15H20N2S/c1-9-6-10(2)14(11(3)7-9)15-12(4)17-13(18-15)8-16-5/h6-7,16H,8H2,1-5H3. The second-order valence-electron chi connectivity index (χ2n) is 4.83. The van der Waals surface area contributed by atoms with Gasteiger partial charge in [0.15, 0.2) is 0 Å². The predicted molar refractivity (Wildman–Crippen MR) is 79.3 cm³/mol. The van der Waals surface area contributed by atoms with Gasteiger partial charge >= 0.3 is 0 Å². The van der Waals surface area contributed by atoms with Crippen LogP contribution in [0.5, 0.6) is 0 Å². The molecule has 18 heavy (non-hydrogen) atoms. The summed E-state index contributed by atoms with van der Waals surface area (Å²) in [5, 5.41) is 4.32. The molecule has 2 rings (SSSR count). The number of aromatic nitrogens is 1. The fraction of sp³-hybridized carbons (Fsp3) is 0.400. The Morgan fingerprint density at radius 3 is 2.28 bits per heavy atom. The fourth-order valence-electron chi connectivity index (χ4n) is 2.45. The van der Waals surface area contributed by atoms with Gasteiger partial charge in [0.25, 0.3) is 0 Å². The van der Waals surface area contributed by atoms with Crippen molar-refractivity contribution in [3.05, 3.63) is 39.5 Å². The van der Waals surface area contributed by atoms with Crippen LogP contribution < -0.4 is 5.32 Å². The van der Waals surface area contributed by atoms with Crippen LogP contribution in [0.1, 0.15) is 27.4 Å². The van der Waals surface area contributed by atoms with Gasteiger partial charge < -0.3 is 5.32 Å². The van der Waals surface area contributed by atoms with Crippen molar-refractivity contribution in [1.29, 1.82) is 0 Å². The van der Waals surface area contributed by atoms with Crippen LogP contribution in [0, 0.1) is 27.7 Å². The summed E-state index contributed by atoms with van der Waals surface area (Å²) < 4.78 is 0. The van der Waals surface area contributed by atoms with Crippen molar-refractivity contribution in [1.82, 2.24) is 10.3 Å². The van der Waals surface area contributed by atoms with Crippen LogP contribution in [0.2, 0.25) is 0 Å². The Hall–Kier alpha value is -1.19. The van der Waals surface area contributed by atoms with Crippen LogP contribution in [-0.2, 0) is 6.54 Å². The van der Waals surface area contributed by atoms with E-state index >= 15 is 0 Å². The maximum Gasteiger partial charge on any atom is 0.107 e. The minimum absolute atomic E-state index is 0.843. The number of hydrogen-bond acceptors (Lipinski definition) is 3. The van der Waals surface area contributed by atoms with Gasteiger partial charge in [0.2, 0.25) is 0 Å². The smallest absolute Gasteiger partial charge is 0.107 e. The third kappa shape index (κ3) is 2.47. The number of nitrogens with zero attached hydrogens (tertiary/aromatic N) is 1. The predicted octanol–water partition coefficient (Wildman–Crippen LogP) is 3.76. The number of aryl methyl sites for hydroxylation is 4. The molecule has 1 aromatic heterocycles. The zero-order chi connectivity index (χ0) is 13.3. The third-order valence-corrected chi connectivity index (χ3v) is 4.25. The molecule has 0 radical (unpaired) electrons. The molecule has 2 nitrogen and oxygen atoms in total. The minimum atomic E-state index is 0.843. The summed E-state index contributed by atoms with van der Waals surface area (Å²) in [7, 11) is 1.96. The van der Waals surface area contributed by atoms with Crippen molar-refractivity contribution >= 4 is 11.3 Å². The Labute approximate surface area is 113 Å². The lowest BCUT2D eigenvalue weighted by molar-refractivity contribution is 0.807. The molecular formula is C15H20N2S. The summed E-state index contributed by atoms with van der Waals surface area (Å²) in [5.41, 5.74) is 6.51. The molecule has 2 aromatic rings. The molecule has 1 aromatic carbocycles. The lowest BCUT2D eigenvalue weighted by atomic mass is 9.98. The molecule has 96 valence electrons. The molecule has 0 aliphatic rings. The second kappa shape index (κ2) is 5.21. The maximum atomic E-state index is 4.64. The SMILES string of the molecule is CNCc1nc(C)c(-c2c(C)cc(C)cc2C)s1. The Morgan fingerprint density at radius 2 is 1.72 bits per heavy atom. The molecule has 0 aliphatic heterocycles.